The smallest absolute Gasteiger partial charge is 0.352 e. The number of β-lactam (4-membered cyclic amide) rings is 1. The van der Waals surface area contributed by atoms with Crippen LogP contribution in [-0.4, -0.2) is 84.1 Å². The molecule has 0 saturated carbocycles. The molecule has 2 aliphatic heterocycles. The Balaban J connectivity index is 1.49. The molecule has 2 aliphatic rings. The van der Waals surface area contributed by atoms with Crippen molar-refractivity contribution in [2.45, 2.75) is 29.1 Å². The summed E-state index contributed by atoms with van der Waals surface area (Å²) >= 11 is 10.8. The molecule has 0 spiro atoms. The number of rotatable bonds is 11. The van der Waals surface area contributed by atoms with E-state index < -0.39 is 35.2 Å². The van der Waals surface area contributed by atoms with Gasteiger partial charge in [0.25, 0.3) is 11.8 Å². The minimum absolute atomic E-state index is 0.0482. The van der Waals surface area contributed by atoms with Crippen molar-refractivity contribution in [2.24, 2.45) is 5.16 Å². The highest BCUT2D eigenvalue weighted by atomic mass is 35.5. The summed E-state index contributed by atoms with van der Waals surface area (Å²) in [6.07, 6.45) is 5.01. The number of oxime groups is 1. The summed E-state index contributed by atoms with van der Waals surface area (Å²) in [6.45, 7) is 1.47. The molecule has 210 valence electrons. The van der Waals surface area contributed by atoms with Gasteiger partial charge in [0.2, 0.25) is 0 Å². The molecule has 13 nitrogen and oxygen atoms in total. The van der Waals surface area contributed by atoms with E-state index in [2.05, 4.69) is 26.4 Å². The van der Waals surface area contributed by atoms with E-state index in [9.17, 15) is 24.3 Å². The Labute approximate surface area is 248 Å². The molecule has 0 bridgehead atoms. The normalized spacial score (nSPS) is 18.6. The number of anilines is 1. The van der Waals surface area contributed by atoms with Gasteiger partial charge in [-0.05, 0) is 12.5 Å². The van der Waals surface area contributed by atoms with Gasteiger partial charge >= 0.3 is 11.9 Å². The molecule has 2 aromatic heterocycles. The topological polar surface area (TPSA) is 197 Å². The number of aryl methyl sites for hydroxylation is 1. The van der Waals surface area contributed by atoms with Crippen LogP contribution in [-0.2, 0) is 30.4 Å². The van der Waals surface area contributed by atoms with Crippen LogP contribution in [0, 0.1) is 19.3 Å². The molecular formula is C22H19ClN6O7S4. The van der Waals surface area contributed by atoms with Crippen LogP contribution in [0.5, 0.6) is 0 Å². The molecule has 1 fully saturated rings. The second kappa shape index (κ2) is 12.5. The average molecular weight is 643 g/mol. The number of nitrogen functional groups attached to an aromatic ring is 1. The largest absolute Gasteiger partial charge is 0.481 e. The number of halogens is 1. The van der Waals surface area contributed by atoms with Gasteiger partial charge in [0.15, 0.2) is 21.8 Å². The van der Waals surface area contributed by atoms with Crippen LogP contribution in [0.3, 0.4) is 0 Å². The van der Waals surface area contributed by atoms with Gasteiger partial charge in [-0.25, -0.2) is 14.8 Å². The number of terminal acetylenes is 1. The van der Waals surface area contributed by atoms with Gasteiger partial charge in [0.05, 0.1) is 12.1 Å². The number of carbonyl (C=O) groups is 4. The fourth-order valence-electron chi connectivity index (χ4n) is 3.71. The fourth-order valence-corrected chi connectivity index (χ4v) is 8.34. The van der Waals surface area contributed by atoms with Gasteiger partial charge < -0.3 is 26.1 Å². The van der Waals surface area contributed by atoms with Crippen LogP contribution >= 0.6 is 57.8 Å². The second-order valence-corrected chi connectivity index (χ2v) is 13.1. The zero-order valence-electron chi connectivity index (χ0n) is 20.4. The number of carbonyl (C=O) groups excluding carboxylic acids is 2. The molecule has 2 atom stereocenters. The lowest BCUT2D eigenvalue weighted by Crippen LogP contribution is -2.71. The lowest BCUT2D eigenvalue weighted by atomic mass is 10.0. The summed E-state index contributed by atoms with van der Waals surface area (Å²) in [5.41, 5.74) is 6.23. The number of hydrogen-bond donors (Lipinski definition) is 4. The number of aromatic nitrogens is 2. The number of fused-ring (bicyclic) bond motifs is 1. The fraction of sp³-hybridized carbons (Fsp3) is 0.318. The number of aliphatic carboxylic acids is 2. The van der Waals surface area contributed by atoms with E-state index in [-0.39, 0.29) is 51.1 Å². The van der Waals surface area contributed by atoms with E-state index in [1.165, 1.54) is 34.9 Å². The number of carboxylic acid groups (broad SMARTS) is 2. The predicted octanol–water partition coefficient (Wildman–Crippen LogP) is 1.66. The number of nitrogens with zero attached hydrogens (tertiary/aromatic N) is 4. The van der Waals surface area contributed by atoms with Gasteiger partial charge in [0.1, 0.15) is 27.1 Å². The van der Waals surface area contributed by atoms with E-state index in [1.54, 1.807) is 6.92 Å². The molecule has 1 unspecified atom stereocenters. The number of nitrogens with two attached hydrogens (primary N) is 1. The first-order valence-electron chi connectivity index (χ1n) is 11.1. The van der Waals surface area contributed by atoms with Crippen molar-refractivity contribution in [3.63, 3.8) is 0 Å². The van der Waals surface area contributed by atoms with E-state index in [0.717, 1.165) is 16.2 Å². The van der Waals surface area contributed by atoms with Crippen molar-refractivity contribution in [2.75, 3.05) is 23.8 Å². The second-order valence-electron chi connectivity index (χ2n) is 8.06. The van der Waals surface area contributed by atoms with Crippen LogP contribution < -0.4 is 11.1 Å². The molecule has 5 N–H and O–H groups in total. The molecule has 1 saturated heterocycles. The highest BCUT2D eigenvalue weighted by Crippen LogP contribution is 2.42. The van der Waals surface area contributed by atoms with E-state index in [0.29, 0.717) is 20.5 Å². The third-order valence-electron chi connectivity index (χ3n) is 5.44. The lowest BCUT2D eigenvalue weighted by molar-refractivity contribution is -0.150. The maximum Gasteiger partial charge on any atom is 0.352 e. The number of carboxylic acids is 2. The Morgan fingerprint density at radius 1 is 1.35 bits per heavy atom. The Kier molecular flexibility index (Phi) is 9.26. The molecule has 18 heteroatoms. The standard InChI is InChI=1S/C22H19ClN6O7S4/c1-3-4-36-28-13(12-16(23)40-21(24)27-12)17(32)26-14-18(33)29-15(20(34)35)9(6-37-19(14)29)7-38-22-25-8(2)10(39-22)5-11(30)31/h1,14,19H,4-7H2,2H3,(H2,24,27)(H,26,32)(H,30,31)(H,34,35)/b28-13-/t14?,19-/m1/s1. The molecule has 0 aliphatic carbocycles. The molecule has 2 aromatic rings. The van der Waals surface area contributed by atoms with Crippen LogP contribution in [0.15, 0.2) is 20.8 Å². The van der Waals surface area contributed by atoms with Crippen LogP contribution in [0.1, 0.15) is 16.3 Å². The predicted molar refractivity (Wildman–Crippen MR) is 151 cm³/mol. The lowest BCUT2D eigenvalue weighted by Gasteiger charge is -2.49. The van der Waals surface area contributed by atoms with Crippen molar-refractivity contribution in [1.29, 1.82) is 0 Å². The third kappa shape index (κ3) is 6.20. The first-order chi connectivity index (χ1) is 19.0. The van der Waals surface area contributed by atoms with Crippen molar-refractivity contribution in [3.8, 4) is 12.3 Å². The summed E-state index contributed by atoms with van der Waals surface area (Å²) < 4.78 is 0.673. The molecule has 0 radical (unpaired) electrons. The minimum atomic E-state index is -1.28. The molecular weight excluding hydrogens is 624 g/mol. The summed E-state index contributed by atoms with van der Waals surface area (Å²) in [5.74, 6) is -0.987. The Hall–Kier alpha value is -3.30. The van der Waals surface area contributed by atoms with Gasteiger partial charge in [-0.2, -0.15) is 0 Å². The van der Waals surface area contributed by atoms with Crippen molar-refractivity contribution < 1.29 is 34.2 Å². The molecule has 4 rings (SSSR count). The summed E-state index contributed by atoms with van der Waals surface area (Å²) in [5, 5.41) is 24.7. The third-order valence-corrected chi connectivity index (χ3v) is 10.2. The van der Waals surface area contributed by atoms with Gasteiger partial charge in [-0.1, -0.05) is 45.8 Å². The first-order valence-corrected chi connectivity index (χ1v) is 15.1. The summed E-state index contributed by atoms with van der Waals surface area (Å²) in [7, 11) is 0. The number of hydrogen-bond acceptors (Lipinski definition) is 13. The van der Waals surface area contributed by atoms with Crippen molar-refractivity contribution in [3.05, 3.63) is 31.9 Å². The monoisotopic (exact) mass is 642 g/mol. The highest BCUT2D eigenvalue weighted by molar-refractivity contribution is 8.01. The molecule has 4 heterocycles. The van der Waals surface area contributed by atoms with Gasteiger partial charge in [-0.3, -0.25) is 19.3 Å². The molecule has 40 heavy (non-hydrogen) atoms. The quantitative estimate of drug-likeness (QED) is 0.0691. The SMILES string of the molecule is C#CCO/N=C(\C(=O)NC1C(=O)N2C(C(=O)O)=C(CSc3nc(C)c(CC(=O)O)s3)CS[C@H]12)c1nc(N)sc1Cl. The van der Waals surface area contributed by atoms with Crippen molar-refractivity contribution in [1.82, 2.24) is 20.2 Å². The van der Waals surface area contributed by atoms with Gasteiger partial charge in [0, 0.05) is 16.4 Å². The summed E-state index contributed by atoms with van der Waals surface area (Å²) in [6, 6.07) is -1.05. The maximum absolute atomic E-state index is 13.1. The highest BCUT2D eigenvalue weighted by Gasteiger charge is 2.54. The van der Waals surface area contributed by atoms with Crippen LogP contribution in [0.4, 0.5) is 5.13 Å². The molecule has 2 amide bonds. The number of thioether (sulfide) groups is 2. The first kappa shape index (κ1) is 29.7. The zero-order valence-corrected chi connectivity index (χ0v) is 24.4. The molecule has 0 aromatic carbocycles. The number of thiazole rings is 2. The Bertz CT molecular complexity index is 1500. The Morgan fingerprint density at radius 3 is 2.73 bits per heavy atom. The maximum atomic E-state index is 13.1. The van der Waals surface area contributed by atoms with E-state index in [4.69, 9.17) is 33.7 Å². The average Bonchev–Trinajstić information content (AvgIpc) is 3.41. The zero-order chi connectivity index (χ0) is 29.1. The van der Waals surface area contributed by atoms with E-state index in [1.807, 2.05) is 0 Å². The van der Waals surface area contributed by atoms with Crippen LogP contribution in [0.2, 0.25) is 4.34 Å². The number of amides is 2. The Morgan fingerprint density at radius 2 is 2.10 bits per heavy atom. The van der Waals surface area contributed by atoms with Crippen molar-refractivity contribution >= 4 is 92.4 Å². The van der Waals surface area contributed by atoms with Gasteiger partial charge in [-0.15, -0.1) is 29.5 Å². The van der Waals surface area contributed by atoms with Crippen LogP contribution in [0.25, 0.3) is 0 Å². The summed E-state index contributed by atoms with van der Waals surface area (Å²) in [4.78, 5) is 64.4. The van der Waals surface area contributed by atoms with E-state index >= 15 is 0 Å². The number of nitrogens with one attached hydrogen (secondary N) is 1. The minimum Gasteiger partial charge on any atom is -0.481 e.